The summed E-state index contributed by atoms with van der Waals surface area (Å²) in [5, 5.41) is 6.05. The number of anilines is 1. The molecule has 0 radical (unpaired) electrons. The van der Waals surface area contributed by atoms with Gasteiger partial charge in [0.25, 0.3) is 0 Å². The number of rotatable bonds is 6. The molecule has 0 aliphatic carbocycles. The first-order chi connectivity index (χ1) is 8.61. The van der Waals surface area contributed by atoms with Crippen LogP contribution in [0.25, 0.3) is 10.1 Å². The van der Waals surface area contributed by atoms with Crippen LogP contribution < -0.4 is 10.0 Å². The standard InChI is InChI=1S/C12H16N2O2S2/c1-2-13-6-8-18(15,16)14-11-3-4-12-10(9-11)5-7-17-12/h3-5,7,9,13-14H,2,6,8H2,1H3. The third-order valence-corrected chi connectivity index (χ3v) is 4.71. The van der Waals surface area contributed by atoms with Crippen molar-refractivity contribution < 1.29 is 8.42 Å². The minimum absolute atomic E-state index is 0.0858. The van der Waals surface area contributed by atoms with E-state index in [4.69, 9.17) is 0 Å². The number of thiophene rings is 1. The van der Waals surface area contributed by atoms with Crippen molar-refractivity contribution in [1.29, 1.82) is 0 Å². The third-order valence-electron chi connectivity index (χ3n) is 2.52. The predicted octanol–water partition coefficient (Wildman–Crippen LogP) is 2.25. The maximum atomic E-state index is 11.8. The molecule has 0 saturated heterocycles. The van der Waals surface area contributed by atoms with Gasteiger partial charge in [-0.05, 0) is 41.6 Å². The van der Waals surface area contributed by atoms with Gasteiger partial charge in [-0.1, -0.05) is 6.92 Å². The summed E-state index contributed by atoms with van der Waals surface area (Å²) in [6, 6.07) is 7.57. The second-order valence-electron chi connectivity index (χ2n) is 3.95. The first-order valence-electron chi connectivity index (χ1n) is 5.79. The van der Waals surface area contributed by atoms with E-state index in [2.05, 4.69) is 10.0 Å². The molecule has 1 heterocycles. The van der Waals surface area contributed by atoms with Gasteiger partial charge in [0.1, 0.15) is 0 Å². The van der Waals surface area contributed by atoms with Gasteiger partial charge in [-0.2, -0.15) is 0 Å². The quantitative estimate of drug-likeness (QED) is 0.800. The summed E-state index contributed by atoms with van der Waals surface area (Å²) in [5.41, 5.74) is 0.623. The summed E-state index contributed by atoms with van der Waals surface area (Å²) in [6.45, 7) is 3.19. The van der Waals surface area contributed by atoms with Gasteiger partial charge in [0.2, 0.25) is 10.0 Å². The molecule has 1 aromatic heterocycles. The van der Waals surface area contributed by atoms with E-state index in [0.717, 1.165) is 16.6 Å². The van der Waals surface area contributed by atoms with Crippen LogP contribution in [0, 0.1) is 0 Å². The summed E-state index contributed by atoms with van der Waals surface area (Å²) >= 11 is 1.64. The lowest BCUT2D eigenvalue weighted by molar-refractivity contribution is 0.597. The Balaban J connectivity index is 2.07. The van der Waals surface area contributed by atoms with Crippen LogP contribution in [0.1, 0.15) is 6.92 Å². The van der Waals surface area contributed by atoms with Crippen LogP contribution in [0.5, 0.6) is 0 Å². The minimum atomic E-state index is -3.27. The van der Waals surface area contributed by atoms with E-state index in [1.54, 1.807) is 17.4 Å². The van der Waals surface area contributed by atoms with E-state index in [9.17, 15) is 8.42 Å². The molecule has 0 saturated carbocycles. The molecular weight excluding hydrogens is 268 g/mol. The van der Waals surface area contributed by atoms with Crippen molar-refractivity contribution in [1.82, 2.24) is 5.32 Å². The van der Waals surface area contributed by atoms with Crippen molar-refractivity contribution in [2.75, 3.05) is 23.6 Å². The molecular formula is C12H16N2O2S2. The summed E-state index contributed by atoms with van der Waals surface area (Å²) in [6.07, 6.45) is 0. The average molecular weight is 284 g/mol. The lowest BCUT2D eigenvalue weighted by atomic mass is 10.2. The molecule has 0 aliphatic rings. The molecule has 0 aliphatic heterocycles. The van der Waals surface area contributed by atoms with Gasteiger partial charge in [0, 0.05) is 16.9 Å². The molecule has 0 atom stereocenters. The highest BCUT2D eigenvalue weighted by atomic mass is 32.2. The molecule has 2 aromatic rings. The fraction of sp³-hybridized carbons (Fsp3) is 0.333. The molecule has 0 fully saturated rings. The number of sulfonamides is 1. The topological polar surface area (TPSA) is 58.2 Å². The molecule has 2 N–H and O–H groups in total. The molecule has 6 heteroatoms. The van der Waals surface area contributed by atoms with Crippen molar-refractivity contribution in [2.24, 2.45) is 0 Å². The number of hydrogen-bond acceptors (Lipinski definition) is 4. The third kappa shape index (κ3) is 3.44. The fourth-order valence-electron chi connectivity index (χ4n) is 1.64. The molecule has 0 unspecified atom stereocenters. The van der Waals surface area contributed by atoms with Crippen LogP contribution in [-0.4, -0.2) is 27.3 Å². The van der Waals surface area contributed by atoms with Crippen molar-refractivity contribution >= 4 is 37.1 Å². The largest absolute Gasteiger partial charge is 0.316 e. The van der Waals surface area contributed by atoms with Gasteiger partial charge in [-0.25, -0.2) is 8.42 Å². The van der Waals surface area contributed by atoms with E-state index in [1.807, 2.05) is 30.5 Å². The zero-order valence-electron chi connectivity index (χ0n) is 10.1. The van der Waals surface area contributed by atoms with Crippen LogP contribution in [0.3, 0.4) is 0 Å². The van der Waals surface area contributed by atoms with E-state index >= 15 is 0 Å². The SMILES string of the molecule is CCNCCS(=O)(=O)Nc1ccc2sccc2c1. The Morgan fingerprint density at radius 1 is 1.28 bits per heavy atom. The molecule has 1 aromatic carbocycles. The highest BCUT2D eigenvalue weighted by molar-refractivity contribution is 7.92. The Morgan fingerprint density at radius 3 is 2.89 bits per heavy atom. The lowest BCUT2D eigenvalue weighted by Gasteiger charge is -2.08. The molecule has 18 heavy (non-hydrogen) atoms. The Labute approximate surface area is 111 Å². The van der Waals surface area contributed by atoms with Gasteiger partial charge in [0.15, 0.2) is 0 Å². The highest BCUT2D eigenvalue weighted by Gasteiger charge is 2.10. The normalized spacial score (nSPS) is 11.8. The Morgan fingerprint density at radius 2 is 2.11 bits per heavy atom. The molecule has 0 bridgehead atoms. The minimum Gasteiger partial charge on any atom is -0.316 e. The van der Waals surface area contributed by atoms with E-state index in [1.165, 1.54) is 0 Å². The molecule has 2 rings (SSSR count). The van der Waals surface area contributed by atoms with Crippen LogP contribution in [0.15, 0.2) is 29.6 Å². The van der Waals surface area contributed by atoms with Gasteiger partial charge in [0.05, 0.1) is 5.75 Å². The van der Waals surface area contributed by atoms with Crippen molar-refractivity contribution in [3.63, 3.8) is 0 Å². The lowest BCUT2D eigenvalue weighted by Crippen LogP contribution is -2.26. The van der Waals surface area contributed by atoms with Crippen LogP contribution in [0.2, 0.25) is 0 Å². The zero-order chi connectivity index (χ0) is 13.0. The fourth-order valence-corrected chi connectivity index (χ4v) is 3.42. The van der Waals surface area contributed by atoms with E-state index < -0.39 is 10.0 Å². The smallest absolute Gasteiger partial charge is 0.233 e. The van der Waals surface area contributed by atoms with Crippen LogP contribution in [-0.2, 0) is 10.0 Å². The van der Waals surface area contributed by atoms with Crippen molar-refractivity contribution in [2.45, 2.75) is 6.92 Å². The first-order valence-corrected chi connectivity index (χ1v) is 8.32. The van der Waals surface area contributed by atoms with Crippen molar-refractivity contribution in [3.8, 4) is 0 Å². The van der Waals surface area contributed by atoms with Gasteiger partial charge in [-0.15, -0.1) is 11.3 Å². The first kappa shape index (κ1) is 13.3. The van der Waals surface area contributed by atoms with E-state index in [0.29, 0.717) is 12.2 Å². The Hall–Kier alpha value is -1.11. The number of benzene rings is 1. The summed E-state index contributed by atoms with van der Waals surface area (Å²) in [7, 11) is -3.27. The Bertz CT molecular complexity index is 620. The monoisotopic (exact) mass is 284 g/mol. The number of fused-ring (bicyclic) bond motifs is 1. The summed E-state index contributed by atoms with van der Waals surface area (Å²) < 4.78 is 27.4. The summed E-state index contributed by atoms with van der Waals surface area (Å²) in [5.74, 6) is 0.0858. The van der Waals surface area contributed by atoms with Gasteiger partial charge in [-0.3, -0.25) is 4.72 Å². The highest BCUT2D eigenvalue weighted by Crippen LogP contribution is 2.24. The molecule has 0 spiro atoms. The number of hydrogen-bond donors (Lipinski definition) is 2. The van der Waals surface area contributed by atoms with Crippen LogP contribution in [0.4, 0.5) is 5.69 Å². The van der Waals surface area contributed by atoms with Crippen LogP contribution >= 0.6 is 11.3 Å². The molecule has 0 amide bonds. The van der Waals surface area contributed by atoms with Crippen molar-refractivity contribution in [3.05, 3.63) is 29.6 Å². The second kappa shape index (κ2) is 5.69. The zero-order valence-corrected chi connectivity index (χ0v) is 11.8. The average Bonchev–Trinajstić information content (AvgIpc) is 2.75. The maximum absolute atomic E-state index is 11.8. The van der Waals surface area contributed by atoms with E-state index in [-0.39, 0.29) is 5.75 Å². The predicted molar refractivity (Wildman–Crippen MR) is 77.8 cm³/mol. The molecule has 4 nitrogen and oxygen atoms in total. The summed E-state index contributed by atoms with van der Waals surface area (Å²) in [4.78, 5) is 0. The Kier molecular flexibility index (Phi) is 4.21. The van der Waals surface area contributed by atoms with Gasteiger partial charge >= 0.3 is 0 Å². The number of nitrogens with one attached hydrogen (secondary N) is 2. The van der Waals surface area contributed by atoms with Gasteiger partial charge < -0.3 is 5.32 Å². The molecule has 98 valence electrons. The second-order valence-corrected chi connectivity index (χ2v) is 6.74. The maximum Gasteiger partial charge on any atom is 0.233 e.